The Kier molecular flexibility index (Phi) is 6.65. The van der Waals surface area contributed by atoms with E-state index < -0.39 is 0 Å². The molecule has 2 N–H and O–H groups in total. The quantitative estimate of drug-likeness (QED) is 0.717. The molecule has 0 bridgehead atoms. The molecule has 0 aromatic heterocycles. The molecule has 0 fully saturated rings. The number of nitrogens with one attached hydrogen (secondary N) is 1. The van der Waals surface area contributed by atoms with Gasteiger partial charge in [-0.3, -0.25) is 4.79 Å². The molecule has 1 aliphatic rings. The third kappa shape index (κ3) is 5.59. The second kappa shape index (κ2) is 9.58. The second-order valence-corrected chi connectivity index (χ2v) is 6.34. The van der Waals surface area contributed by atoms with Gasteiger partial charge in [-0.05, 0) is 41.8 Å². The number of aromatic hydroxyl groups is 1. The van der Waals surface area contributed by atoms with Gasteiger partial charge in [0.15, 0.2) is 11.5 Å². The molecule has 2 aromatic carbocycles. The molecular weight excluding hydrogens is 354 g/mol. The van der Waals surface area contributed by atoms with Crippen LogP contribution in [-0.4, -0.2) is 24.2 Å². The van der Waals surface area contributed by atoms with Crippen LogP contribution in [0.5, 0.6) is 11.5 Å². The Hall–Kier alpha value is -3.31. The minimum atomic E-state index is -0.241. The van der Waals surface area contributed by atoms with Crippen LogP contribution >= 0.6 is 0 Å². The number of phenols is 1. The number of amides is 1. The Balaban J connectivity index is 1.47. The summed E-state index contributed by atoms with van der Waals surface area (Å²) in [7, 11) is 1.49. The van der Waals surface area contributed by atoms with Crippen LogP contribution in [0.2, 0.25) is 0 Å². The van der Waals surface area contributed by atoms with E-state index >= 15 is 0 Å². The number of allylic oxidation sites excluding steroid dienone is 1. The lowest BCUT2D eigenvalue weighted by molar-refractivity contribution is -0.115. The maximum Gasteiger partial charge on any atom is 0.248 e. The SMILES string of the molecule is COc1ccc(/C=C/C(=O)NC2=CCC(OCc3ccccc3)C=C2)cc1O. The fourth-order valence-corrected chi connectivity index (χ4v) is 2.76. The summed E-state index contributed by atoms with van der Waals surface area (Å²) in [5.41, 5.74) is 2.58. The number of carbonyl (C=O) groups is 1. The summed E-state index contributed by atoms with van der Waals surface area (Å²) in [5.74, 6) is 0.183. The van der Waals surface area contributed by atoms with Gasteiger partial charge in [-0.1, -0.05) is 48.6 Å². The van der Waals surface area contributed by atoms with Gasteiger partial charge >= 0.3 is 0 Å². The Morgan fingerprint density at radius 2 is 2.07 bits per heavy atom. The average molecular weight is 377 g/mol. The van der Waals surface area contributed by atoms with Gasteiger partial charge < -0.3 is 19.9 Å². The van der Waals surface area contributed by atoms with Gasteiger partial charge in [0, 0.05) is 11.8 Å². The molecule has 1 atom stereocenters. The molecule has 3 rings (SSSR count). The van der Waals surface area contributed by atoms with E-state index in [4.69, 9.17) is 9.47 Å². The lowest BCUT2D eigenvalue weighted by Gasteiger charge is -2.17. The molecule has 1 unspecified atom stereocenters. The molecule has 0 heterocycles. The van der Waals surface area contributed by atoms with E-state index in [-0.39, 0.29) is 17.8 Å². The summed E-state index contributed by atoms with van der Waals surface area (Å²) >= 11 is 0. The van der Waals surface area contributed by atoms with Crippen LogP contribution in [0.25, 0.3) is 6.08 Å². The first-order valence-electron chi connectivity index (χ1n) is 9.04. The van der Waals surface area contributed by atoms with E-state index in [0.29, 0.717) is 24.3 Å². The largest absolute Gasteiger partial charge is 0.504 e. The van der Waals surface area contributed by atoms with Crippen LogP contribution in [0.15, 0.2) is 78.5 Å². The first-order valence-corrected chi connectivity index (χ1v) is 9.04. The van der Waals surface area contributed by atoms with Gasteiger partial charge in [-0.25, -0.2) is 0 Å². The van der Waals surface area contributed by atoms with Crippen molar-refractivity contribution in [2.75, 3.05) is 7.11 Å². The van der Waals surface area contributed by atoms with Crippen molar-refractivity contribution < 1.29 is 19.4 Å². The molecule has 2 aromatic rings. The highest BCUT2D eigenvalue weighted by molar-refractivity contribution is 5.93. The lowest BCUT2D eigenvalue weighted by Crippen LogP contribution is -2.22. The molecule has 0 aliphatic heterocycles. The lowest BCUT2D eigenvalue weighted by atomic mass is 10.1. The Bertz CT molecular complexity index is 900. The number of rotatable bonds is 7. The minimum Gasteiger partial charge on any atom is -0.504 e. The Labute approximate surface area is 164 Å². The first kappa shape index (κ1) is 19.5. The van der Waals surface area contributed by atoms with E-state index in [2.05, 4.69) is 5.32 Å². The zero-order valence-electron chi connectivity index (χ0n) is 15.7. The Morgan fingerprint density at radius 1 is 1.25 bits per heavy atom. The van der Waals surface area contributed by atoms with Crippen LogP contribution in [0.3, 0.4) is 0 Å². The van der Waals surface area contributed by atoms with Crippen molar-refractivity contribution in [2.24, 2.45) is 0 Å². The summed E-state index contributed by atoms with van der Waals surface area (Å²) in [6.07, 6.45) is 9.50. The minimum absolute atomic E-state index is 0.00123. The fourth-order valence-electron chi connectivity index (χ4n) is 2.76. The molecule has 0 radical (unpaired) electrons. The molecule has 28 heavy (non-hydrogen) atoms. The molecule has 0 saturated carbocycles. The number of hydrogen-bond donors (Lipinski definition) is 2. The molecule has 0 spiro atoms. The van der Waals surface area contributed by atoms with Gasteiger partial charge in [-0.15, -0.1) is 0 Å². The van der Waals surface area contributed by atoms with Crippen molar-refractivity contribution in [1.29, 1.82) is 0 Å². The van der Waals surface area contributed by atoms with Gasteiger partial charge in [0.05, 0.1) is 19.8 Å². The third-order valence-corrected chi connectivity index (χ3v) is 4.27. The summed E-state index contributed by atoms with van der Waals surface area (Å²) in [6, 6.07) is 15.0. The number of phenolic OH excluding ortho intramolecular Hbond substituents is 1. The molecular formula is C23H23NO4. The van der Waals surface area contributed by atoms with Crippen molar-refractivity contribution in [3.05, 3.63) is 89.7 Å². The van der Waals surface area contributed by atoms with Crippen molar-refractivity contribution >= 4 is 12.0 Å². The van der Waals surface area contributed by atoms with Crippen molar-refractivity contribution in [1.82, 2.24) is 5.32 Å². The van der Waals surface area contributed by atoms with E-state index in [1.165, 1.54) is 19.3 Å². The maximum absolute atomic E-state index is 12.1. The Morgan fingerprint density at radius 3 is 2.75 bits per heavy atom. The van der Waals surface area contributed by atoms with Gasteiger partial charge in [0.25, 0.3) is 0 Å². The summed E-state index contributed by atoms with van der Waals surface area (Å²) in [6.45, 7) is 0.558. The van der Waals surface area contributed by atoms with Gasteiger partial charge in [0.2, 0.25) is 5.91 Å². The van der Waals surface area contributed by atoms with E-state index in [0.717, 1.165) is 11.3 Å². The predicted octanol–water partition coefficient (Wildman–Crippen LogP) is 3.96. The zero-order chi connectivity index (χ0) is 19.8. The highest BCUT2D eigenvalue weighted by atomic mass is 16.5. The molecule has 5 heteroatoms. The standard InChI is InChI=1S/C23H23NO4/c1-27-22-13-7-17(15-21(22)25)8-14-23(26)24-19-9-11-20(12-10-19)28-16-18-5-3-2-4-6-18/h2-11,13-15,20,25H,12,16H2,1H3,(H,24,26)/b14-8+. The number of benzene rings is 2. The summed E-state index contributed by atoms with van der Waals surface area (Å²) in [4.78, 5) is 12.1. The number of methoxy groups -OCH3 is 1. The predicted molar refractivity (Wildman–Crippen MR) is 109 cm³/mol. The highest BCUT2D eigenvalue weighted by Crippen LogP contribution is 2.26. The molecule has 0 saturated heterocycles. The van der Waals surface area contributed by atoms with Crippen LogP contribution in [0.4, 0.5) is 0 Å². The summed E-state index contributed by atoms with van der Waals surface area (Å²) < 4.78 is 10.9. The number of ether oxygens (including phenoxy) is 2. The maximum atomic E-state index is 12.1. The first-order chi connectivity index (χ1) is 13.6. The fraction of sp³-hybridized carbons (Fsp3) is 0.174. The summed E-state index contributed by atoms with van der Waals surface area (Å²) in [5, 5.41) is 12.6. The van der Waals surface area contributed by atoms with Gasteiger partial charge in [-0.2, -0.15) is 0 Å². The molecule has 144 valence electrons. The molecule has 1 amide bonds. The monoisotopic (exact) mass is 377 g/mol. The average Bonchev–Trinajstić information content (AvgIpc) is 2.72. The van der Waals surface area contributed by atoms with Crippen LogP contribution in [-0.2, 0) is 16.1 Å². The molecule has 5 nitrogen and oxygen atoms in total. The van der Waals surface area contributed by atoms with Gasteiger partial charge in [0.1, 0.15) is 0 Å². The zero-order valence-corrected chi connectivity index (χ0v) is 15.7. The third-order valence-electron chi connectivity index (χ3n) is 4.27. The van der Waals surface area contributed by atoms with Crippen molar-refractivity contribution in [3.63, 3.8) is 0 Å². The van der Waals surface area contributed by atoms with E-state index in [1.54, 1.807) is 18.2 Å². The van der Waals surface area contributed by atoms with Crippen LogP contribution in [0.1, 0.15) is 17.5 Å². The van der Waals surface area contributed by atoms with Crippen LogP contribution in [0, 0.1) is 0 Å². The second-order valence-electron chi connectivity index (χ2n) is 6.34. The van der Waals surface area contributed by atoms with E-state index in [9.17, 15) is 9.90 Å². The van der Waals surface area contributed by atoms with E-state index in [1.807, 2.05) is 48.6 Å². The topological polar surface area (TPSA) is 67.8 Å². The smallest absolute Gasteiger partial charge is 0.248 e. The van der Waals surface area contributed by atoms with Crippen LogP contribution < -0.4 is 10.1 Å². The van der Waals surface area contributed by atoms with Crippen molar-refractivity contribution in [2.45, 2.75) is 19.1 Å². The normalized spacial score (nSPS) is 16.0. The van der Waals surface area contributed by atoms with Crippen molar-refractivity contribution in [3.8, 4) is 11.5 Å². The number of carbonyl (C=O) groups excluding carboxylic acids is 1. The highest BCUT2D eigenvalue weighted by Gasteiger charge is 2.10. The molecule has 1 aliphatic carbocycles. The number of hydrogen-bond acceptors (Lipinski definition) is 4.